The van der Waals surface area contributed by atoms with Gasteiger partial charge in [-0.2, -0.15) is 0 Å². The number of nitrogens with one attached hydrogen (secondary N) is 1. The summed E-state index contributed by atoms with van der Waals surface area (Å²) in [5.41, 5.74) is 8.05. The van der Waals surface area contributed by atoms with Crippen LogP contribution in [-0.4, -0.2) is 53.5 Å². The Labute approximate surface area is 221 Å². The van der Waals surface area contributed by atoms with Crippen LogP contribution in [0, 0.1) is 0 Å². The summed E-state index contributed by atoms with van der Waals surface area (Å²) in [6.07, 6.45) is 4.70. The van der Waals surface area contributed by atoms with Crippen molar-refractivity contribution in [2.75, 3.05) is 26.6 Å². The number of hydrogen-bond donors (Lipinski definition) is 2. The van der Waals surface area contributed by atoms with Crippen molar-refractivity contribution in [1.29, 1.82) is 0 Å². The molecule has 0 bridgehead atoms. The van der Waals surface area contributed by atoms with Crippen LogP contribution in [0.3, 0.4) is 0 Å². The number of aromatic nitrogens is 3. The van der Waals surface area contributed by atoms with Crippen molar-refractivity contribution in [3.8, 4) is 28.5 Å². The minimum absolute atomic E-state index is 0.185. The van der Waals surface area contributed by atoms with Gasteiger partial charge >= 0.3 is 6.09 Å². The van der Waals surface area contributed by atoms with Crippen LogP contribution >= 0.6 is 0 Å². The predicted octanol–water partition coefficient (Wildman–Crippen LogP) is 5.13. The fraction of sp³-hybridized carbons (Fsp3) is 0.357. The van der Waals surface area contributed by atoms with E-state index in [9.17, 15) is 4.79 Å². The minimum Gasteiger partial charge on any atom is -0.493 e. The number of amides is 1. The number of fused-ring (bicyclic) bond motifs is 3. The number of carbonyl (C=O) groups excluding carboxylic acids is 1. The number of alkyl carbamates (subject to hydrolysis) is 1. The Kier molecular flexibility index (Phi) is 7.70. The lowest BCUT2D eigenvalue weighted by atomic mass is 10.0. The Hall–Kier alpha value is -4.34. The van der Waals surface area contributed by atoms with Gasteiger partial charge in [0.05, 0.1) is 31.6 Å². The molecule has 0 radical (unpaired) electrons. The lowest BCUT2D eigenvalue weighted by molar-refractivity contribution is 0.0586. The van der Waals surface area contributed by atoms with Crippen LogP contribution in [0.4, 0.5) is 10.6 Å². The summed E-state index contributed by atoms with van der Waals surface area (Å²) in [5, 5.41) is 5.24. The Morgan fingerprint density at radius 3 is 2.42 bits per heavy atom. The highest BCUT2D eigenvalue weighted by molar-refractivity contribution is 6.10. The summed E-state index contributed by atoms with van der Waals surface area (Å²) in [4.78, 5) is 25.6. The molecule has 10 nitrogen and oxygen atoms in total. The molecule has 3 heterocycles. The smallest absolute Gasteiger partial charge is 0.407 e. The zero-order valence-corrected chi connectivity index (χ0v) is 22.5. The van der Waals surface area contributed by atoms with Crippen molar-refractivity contribution < 1.29 is 23.7 Å². The third-order valence-electron chi connectivity index (χ3n) is 5.86. The molecule has 4 rings (SSSR count). The molecule has 10 heteroatoms. The lowest BCUT2D eigenvalue weighted by Crippen LogP contribution is -2.43. The quantitative estimate of drug-likeness (QED) is 0.304. The van der Waals surface area contributed by atoms with E-state index in [-0.39, 0.29) is 12.1 Å². The molecule has 0 saturated carbocycles. The van der Waals surface area contributed by atoms with Gasteiger partial charge in [-0.3, -0.25) is 9.97 Å². The second kappa shape index (κ2) is 11.0. The van der Waals surface area contributed by atoms with Crippen LogP contribution in [0.15, 0.2) is 42.9 Å². The Morgan fingerprint density at radius 1 is 1.00 bits per heavy atom. The molecule has 1 unspecified atom stereocenters. The maximum absolute atomic E-state index is 12.1. The number of methoxy groups -OCH3 is 2. The number of rotatable bonds is 8. The summed E-state index contributed by atoms with van der Waals surface area (Å²) >= 11 is 0. The number of nitrogen functional groups attached to an aromatic ring is 1. The van der Waals surface area contributed by atoms with E-state index in [4.69, 9.17) is 24.7 Å². The SMILES string of the molecule is CCC(COc1cncc(-c2cc3c(cnc4cc(OC)c(OC)cc43)c(N)n2)c1)OC(=O)NC(C)(C)C. The molecule has 4 aromatic rings. The van der Waals surface area contributed by atoms with E-state index >= 15 is 0 Å². The molecule has 1 atom stereocenters. The van der Waals surface area contributed by atoms with Crippen LogP contribution in [0.2, 0.25) is 0 Å². The standard InChI is InChI=1S/C28H33N5O5/c1-7-17(38-27(34)33-28(2,3)4)15-37-18-8-16(12-30-13-18)22-9-19-20-10-24(35-5)25(36-6)11-23(20)31-14-21(19)26(29)32-22/h8-14,17H,7,15H2,1-6H3,(H2,29,32)(H,33,34). The topological polar surface area (TPSA) is 131 Å². The molecular formula is C28H33N5O5. The van der Waals surface area contributed by atoms with Gasteiger partial charge in [-0.25, -0.2) is 9.78 Å². The zero-order chi connectivity index (χ0) is 27.4. The average molecular weight is 520 g/mol. The van der Waals surface area contributed by atoms with E-state index in [2.05, 4.69) is 20.3 Å². The maximum Gasteiger partial charge on any atom is 0.407 e. The fourth-order valence-corrected chi connectivity index (χ4v) is 3.96. The molecule has 3 N–H and O–H groups in total. The van der Waals surface area contributed by atoms with Crippen LogP contribution in [0.25, 0.3) is 32.9 Å². The number of hydrogen-bond acceptors (Lipinski definition) is 9. The minimum atomic E-state index is -0.480. The molecule has 0 saturated heterocycles. The molecular weight excluding hydrogens is 486 g/mol. The second-order valence-electron chi connectivity index (χ2n) is 9.87. The molecule has 0 aliphatic heterocycles. The van der Waals surface area contributed by atoms with Crippen molar-refractivity contribution in [3.63, 3.8) is 0 Å². The number of carbonyl (C=O) groups is 1. The Balaban J connectivity index is 1.62. The van der Waals surface area contributed by atoms with Gasteiger partial charge in [0.15, 0.2) is 11.5 Å². The van der Waals surface area contributed by atoms with Gasteiger partial charge in [-0.15, -0.1) is 0 Å². The van der Waals surface area contributed by atoms with Gasteiger partial charge in [0.25, 0.3) is 0 Å². The van der Waals surface area contributed by atoms with Crippen molar-refractivity contribution in [3.05, 3.63) is 42.9 Å². The van der Waals surface area contributed by atoms with E-state index in [0.717, 1.165) is 27.2 Å². The average Bonchev–Trinajstić information content (AvgIpc) is 2.89. The van der Waals surface area contributed by atoms with Gasteiger partial charge in [0.2, 0.25) is 0 Å². The first-order valence-corrected chi connectivity index (χ1v) is 12.3. The molecule has 0 aliphatic carbocycles. The van der Waals surface area contributed by atoms with Gasteiger partial charge in [-0.05, 0) is 50.8 Å². The zero-order valence-electron chi connectivity index (χ0n) is 22.5. The fourth-order valence-electron chi connectivity index (χ4n) is 3.96. The highest BCUT2D eigenvalue weighted by atomic mass is 16.6. The lowest BCUT2D eigenvalue weighted by Gasteiger charge is -2.23. The third-order valence-corrected chi connectivity index (χ3v) is 5.86. The molecule has 0 spiro atoms. The van der Waals surface area contributed by atoms with Crippen molar-refractivity contribution >= 4 is 33.6 Å². The second-order valence-corrected chi connectivity index (χ2v) is 9.87. The van der Waals surface area contributed by atoms with Crippen molar-refractivity contribution in [2.24, 2.45) is 0 Å². The summed E-state index contributed by atoms with van der Waals surface area (Å²) in [7, 11) is 3.17. The Bertz CT molecular complexity index is 1470. The van der Waals surface area contributed by atoms with Crippen LogP contribution in [0.5, 0.6) is 17.2 Å². The van der Waals surface area contributed by atoms with Gasteiger partial charge in [0.1, 0.15) is 24.3 Å². The molecule has 200 valence electrons. The van der Waals surface area contributed by atoms with Gasteiger partial charge in [-0.1, -0.05) is 6.92 Å². The van der Waals surface area contributed by atoms with E-state index in [1.54, 1.807) is 32.8 Å². The third kappa shape index (κ3) is 5.96. The Morgan fingerprint density at radius 2 is 1.74 bits per heavy atom. The first-order chi connectivity index (χ1) is 18.1. The summed E-state index contributed by atoms with van der Waals surface area (Å²) in [6.45, 7) is 7.79. The summed E-state index contributed by atoms with van der Waals surface area (Å²) in [5.74, 6) is 2.05. The van der Waals surface area contributed by atoms with E-state index < -0.39 is 12.2 Å². The van der Waals surface area contributed by atoms with E-state index in [1.165, 1.54) is 0 Å². The number of anilines is 1. The summed E-state index contributed by atoms with van der Waals surface area (Å²) in [6, 6.07) is 7.48. The molecule has 3 aromatic heterocycles. The van der Waals surface area contributed by atoms with Crippen LogP contribution in [0.1, 0.15) is 34.1 Å². The van der Waals surface area contributed by atoms with E-state index in [0.29, 0.717) is 35.2 Å². The number of pyridine rings is 3. The largest absolute Gasteiger partial charge is 0.493 e. The maximum atomic E-state index is 12.1. The molecule has 38 heavy (non-hydrogen) atoms. The van der Waals surface area contributed by atoms with Crippen LogP contribution in [-0.2, 0) is 4.74 Å². The number of nitrogens with two attached hydrogens (primary N) is 1. The predicted molar refractivity (Wildman–Crippen MR) is 147 cm³/mol. The van der Waals surface area contributed by atoms with Gasteiger partial charge in [0, 0.05) is 40.3 Å². The first-order valence-electron chi connectivity index (χ1n) is 12.3. The highest BCUT2D eigenvalue weighted by Crippen LogP contribution is 2.37. The molecule has 0 aliphatic rings. The number of nitrogens with zero attached hydrogens (tertiary/aromatic N) is 3. The first kappa shape index (κ1) is 26.7. The molecule has 0 fully saturated rings. The van der Waals surface area contributed by atoms with Gasteiger partial charge < -0.3 is 30.0 Å². The molecule has 1 amide bonds. The summed E-state index contributed by atoms with van der Waals surface area (Å²) < 4.78 is 22.3. The number of benzene rings is 1. The monoisotopic (exact) mass is 519 g/mol. The van der Waals surface area contributed by atoms with Crippen LogP contribution < -0.4 is 25.3 Å². The normalized spacial score (nSPS) is 12.3. The molecule has 1 aromatic carbocycles. The van der Waals surface area contributed by atoms with Crippen molar-refractivity contribution in [2.45, 2.75) is 45.8 Å². The highest BCUT2D eigenvalue weighted by Gasteiger charge is 2.19. The number of ether oxygens (including phenoxy) is 4. The van der Waals surface area contributed by atoms with Crippen molar-refractivity contribution in [1.82, 2.24) is 20.3 Å². The van der Waals surface area contributed by atoms with E-state index in [1.807, 2.05) is 52.0 Å².